The monoisotopic (exact) mass is 493 g/mol. The van der Waals surface area contributed by atoms with Crippen LogP contribution in [-0.4, -0.2) is 61.9 Å². The lowest BCUT2D eigenvalue weighted by Crippen LogP contribution is -2.64. The lowest BCUT2D eigenvalue weighted by Gasteiger charge is -2.45. The number of aromatic amines is 1. The summed E-state index contributed by atoms with van der Waals surface area (Å²) in [5.74, 6) is -0.0536. The molecule has 36 heavy (non-hydrogen) atoms. The fourth-order valence-corrected chi connectivity index (χ4v) is 5.22. The number of halogens is 1. The van der Waals surface area contributed by atoms with Crippen molar-refractivity contribution in [2.75, 3.05) is 45.3 Å². The van der Waals surface area contributed by atoms with Crippen molar-refractivity contribution in [1.82, 2.24) is 20.6 Å². The molecule has 6 rings (SSSR count). The van der Waals surface area contributed by atoms with Gasteiger partial charge in [0.25, 0.3) is 5.91 Å². The summed E-state index contributed by atoms with van der Waals surface area (Å²) in [6.07, 6.45) is 5.36. The van der Waals surface area contributed by atoms with Crippen molar-refractivity contribution < 1.29 is 23.4 Å². The van der Waals surface area contributed by atoms with Crippen LogP contribution in [0.5, 0.6) is 11.5 Å². The van der Waals surface area contributed by atoms with Crippen molar-refractivity contribution in [3.05, 3.63) is 53.7 Å². The lowest BCUT2D eigenvalue weighted by molar-refractivity contribution is 0.0680. The Kier molecular flexibility index (Phi) is 5.77. The molecule has 1 spiro atoms. The van der Waals surface area contributed by atoms with Crippen LogP contribution in [0.1, 0.15) is 28.9 Å². The molecule has 0 aliphatic carbocycles. The number of amides is 1. The normalized spacial score (nSPS) is 19.9. The number of nitrogens with one attached hydrogen (secondary N) is 4. The third kappa shape index (κ3) is 3.77. The van der Waals surface area contributed by atoms with Crippen molar-refractivity contribution >= 4 is 17.3 Å². The van der Waals surface area contributed by atoms with Crippen LogP contribution in [-0.2, 0) is 10.2 Å². The number of carbonyl (C=O) groups is 1. The minimum atomic E-state index is -0.498. The van der Waals surface area contributed by atoms with E-state index in [2.05, 4.69) is 25.9 Å². The van der Waals surface area contributed by atoms with E-state index in [1.807, 2.05) is 6.07 Å². The maximum absolute atomic E-state index is 14.5. The van der Waals surface area contributed by atoms with E-state index in [-0.39, 0.29) is 23.2 Å². The van der Waals surface area contributed by atoms with Gasteiger partial charge >= 0.3 is 0 Å². The molecule has 1 aromatic carbocycles. The molecule has 3 aliphatic heterocycles. The Morgan fingerprint density at radius 2 is 2.17 bits per heavy atom. The smallest absolute Gasteiger partial charge is 0.255 e. The van der Waals surface area contributed by atoms with Gasteiger partial charge in [0.15, 0.2) is 11.6 Å². The summed E-state index contributed by atoms with van der Waals surface area (Å²) in [7, 11) is 1.42. The highest BCUT2D eigenvalue weighted by Crippen LogP contribution is 2.46. The molecule has 4 N–H and O–H groups in total. The fraction of sp³-hybridized carbons (Fsp3) is 0.385. The Hall–Kier alpha value is -3.63. The third-order valence-electron chi connectivity index (χ3n) is 7.20. The zero-order valence-corrected chi connectivity index (χ0v) is 19.9. The number of carbonyl (C=O) groups excluding carboxylic acids is 1. The highest BCUT2D eigenvalue weighted by Gasteiger charge is 2.47. The van der Waals surface area contributed by atoms with Crippen molar-refractivity contribution in [3.8, 4) is 22.8 Å². The number of para-hydroxylation sites is 1. The predicted octanol–water partition coefficient (Wildman–Crippen LogP) is 3.11. The average Bonchev–Trinajstić information content (AvgIpc) is 3.51. The zero-order valence-electron chi connectivity index (χ0n) is 19.9. The molecule has 5 heterocycles. The number of hydrogen-bond acceptors (Lipinski definition) is 7. The van der Waals surface area contributed by atoms with Crippen molar-refractivity contribution in [2.45, 2.75) is 24.4 Å². The molecule has 3 aromatic rings. The molecular weight excluding hydrogens is 465 g/mol. The van der Waals surface area contributed by atoms with Gasteiger partial charge in [-0.05, 0) is 31.0 Å². The van der Waals surface area contributed by atoms with Gasteiger partial charge in [-0.1, -0.05) is 6.07 Å². The largest absolute Gasteiger partial charge is 0.492 e. The summed E-state index contributed by atoms with van der Waals surface area (Å²) in [5.41, 5.74) is 3.46. The molecule has 0 unspecified atom stereocenters. The average molecular weight is 494 g/mol. The first-order valence-electron chi connectivity index (χ1n) is 12.1. The summed E-state index contributed by atoms with van der Waals surface area (Å²) >= 11 is 0. The molecular formula is C26H28FN5O4. The first kappa shape index (κ1) is 22.8. The molecule has 188 valence electrons. The SMILES string of the molecule is COc1c(F)cccc1Nc1c(-c2ccncc2OC[C@H]2CCCO2)[nH]c2c1C(=O)NCC21CNC1. The second-order valence-corrected chi connectivity index (χ2v) is 9.46. The van der Waals surface area contributed by atoms with Crippen molar-refractivity contribution in [2.24, 2.45) is 0 Å². The lowest BCUT2D eigenvalue weighted by atomic mass is 9.74. The summed E-state index contributed by atoms with van der Waals surface area (Å²) in [6.45, 7) is 3.16. The number of anilines is 2. The molecule has 2 fully saturated rings. The molecule has 3 aliphatic rings. The van der Waals surface area contributed by atoms with Crippen molar-refractivity contribution in [3.63, 3.8) is 0 Å². The zero-order chi connectivity index (χ0) is 24.7. The van der Waals surface area contributed by atoms with E-state index in [1.54, 1.807) is 24.5 Å². The van der Waals surface area contributed by atoms with Gasteiger partial charge in [0, 0.05) is 43.7 Å². The first-order chi connectivity index (χ1) is 17.6. The van der Waals surface area contributed by atoms with E-state index in [0.717, 1.165) is 43.8 Å². The quantitative estimate of drug-likeness (QED) is 0.400. The molecule has 2 saturated heterocycles. The maximum atomic E-state index is 14.5. The number of aromatic nitrogens is 2. The van der Waals surface area contributed by atoms with Crippen LogP contribution in [0, 0.1) is 5.82 Å². The van der Waals surface area contributed by atoms with Gasteiger partial charge in [-0.15, -0.1) is 0 Å². The number of pyridine rings is 1. The summed E-state index contributed by atoms with van der Waals surface area (Å²) in [4.78, 5) is 21.0. The fourth-order valence-electron chi connectivity index (χ4n) is 5.22. The van der Waals surface area contributed by atoms with E-state index in [0.29, 0.717) is 41.5 Å². The molecule has 1 amide bonds. The van der Waals surface area contributed by atoms with E-state index >= 15 is 0 Å². The van der Waals surface area contributed by atoms with Gasteiger partial charge in [0.2, 0.25) is 0 Å². The minimum Gasteiger partial charge on any atom is -0.492 e. The molecule has 2 aromatic heterocycles. The summed E-state index contributed by atoms with van der Waals surface area (Å²) in [6, 6.07) is 6.49. The number of nitrogens with zero attached hydrogens (tertiary/aromatic N) is 1. The van der Waals surface area contributed by atoms with Gasteiger partial charge in [-0.25, -0.2) is 4.39 Å². The van der Waals surface area contributed by atoms with Crippen LogP contribution in [0.2, 0.25) is 0 Å². The van der Waals surface area contributed by atoms with Gasteiger partial charge in [0.05, 0.1) is 47.5 Å². The Labute approximate surface area is 207 Å². The number of H-pyrrole nitrogens is 1. The summed E-state index contributed by atoms with van der Waals surface area (Å²) < 4.78 is 31.7. The Balaban J connectivity index is 1.48. The standard InChI is InChI=1S/C26H28FN5O4/c1-34-23-17(27)5-2-6-18(23)31-22-20-24(26(12-29-13-26)14-30-25(20)33)32-21(22)16-7-8-28-10-19(16)36-11-15-4-3-9-35-15/h2,5-8,10,15,29,31-32H,3-4,9,11-14H2,1H3,(H,30,33)/t15-/m1/s1. The number of fused-ring (bicyclic) bond motifs is 2. The highest BCUT2D eigenvalue weighted by atomic mass is 19.1. The Morgan fingerprint density at radius 1 is 1.28 bits per heavy atom. The van der Waals surface area contributed by atoms with Gasteiger partial charge < -0.3 is 35.1 Å². The predicted molar refractivity (Wildman–Crippen MR) is 132 cm³/mol. The Morgan fingerprint density at radius 3 is 2.92 bits per heavy atom. The Bertz CT molecular complexity index is 1300. The molecule has 0 radical (unpaired) electrons. The second kappa shape index (κ2) is 9.11. The number of rotatable bonds is 7. The topological polar surface area (TPSA) is 110 Å². The van der Waals surface area contributed by atoms with E-state index in [9.17, 15) is 9.18 Å². The van der Waals surface area contributed by atoms with Crippen LogP contribution >= 0.6 is 0 Å². The number of hydrogen-bond donors (Lipinski definition) is 4. The van der Waals surface area contributed by atoms with Crippen LogP contribution in [0.3, 0.4) is 0 Å². The van der Waals surface area contributed by atoms with Gasteiger partial charge in [-0.2, -0.15) is 0 Å². The van der Waals surface area contributed by atoms with E-state index in [1.165, 1.54) is 13.2 Å². The minimum absolute atomic E-state index is 0.0409. The third-order valence-corrected chi connectivity index (χ3v) is 7.20. The van der Waals surface area contributed by atoms with Crippen LogP contribution in [0.25, 0.3) is 11.3 Å². The van der Waals surface area contributed by atoms with Crippen LogP contribution in [0.15, 0.2) is 36.7 Å². The maximum Gasteiger partial charge on any atom is 0.255 e. The molecule has 0 saturated carbocycles. The second-order valence-electron chi connectivity index (χ2n) is 9.46. The number of benzene rings is 1. The van der Waals surface area contributed by atoms with Gasteiger partial charge in [0.1, 0.15) is 12.4 Å². The van der Waals surface area contributed by atoms with E-state index in [4.69, 9.17) is 14.2 Å². The van der Waals surface area contributed by atoms with Crippen LogP contribution in [0.4, 0.5) is 15.8 Å². The molecule has 10 heteroatoms. The number of methoxy groups -OCH3 is 1. The molecule has 1 atom stereocenters. The highest BCUT2D eigenvalue weighted by molar-refractivity contribution is 6.07. The van der Waals surface area contributed by atoms with Crippen LogP contribution < -0.4 is 25.4 Å². The van der Waals surface area contributed by atoms with Gasteiger partial charge in [-0.3, -0.25) is 9.78 Å². The molecule has 0 bridgehead atoms. The summed E-state index contributed by atoms with van der Waals surface area (Å²) in [5, 5.41) is 9.66. The molecule has 9 nitrogen and oxygen atoms in total. The number of ether oxygens (including phenoxy) is 3. The van der Waals surface area contributed by atoms with E-state index < -0.39 is 5.82 Å². The van der Waals surface area contributed by atoms with Crippen molar-refractivity contribution in [1.29, 1.82) is 0 Å². The first-order valence-corrected chi connectivity index (χ1v) is 12.1.